The van der Waals surface area contributed by atoms with Crippen LogP contribution in [0.15, 0.2) is 30.3 Å². The molecule has 2 N–H and O–H groups in total. The summed E-state index contributed by atoms with van der Waals surface area (Å²) in [6, 6.07) is 9.07. The van der Waals surface area contributed by atoms with Crippen molar-refractivity contribution in [3.05, 3.63) is 35.9 Å². The van der Waals surface area contributed by atoms with Gasteiger partial charge in [-0.25, -0.2) is 9.59 Å². The molecule has 0 aromatic heterocycles. The molecule has 1 saturated heterocycles. The van der Waals surface area contributed by atoms with Gasteiger partial charge in [0.2, 0.25) is 0 Å². The fraction of sp³-hybridized carbons (Fsp3) is 0.571. The molecule has 0 aliphatic carbocycles. The molecule has 0 radical (unpaired) electrons. The highest BCUT2D eigenvalue weighted by atomic mass is 32.1. The number of rotatable bonds is 6. The number of benzene rings is 1. The molecule has 1 fully saturated rings. The standard InChI is InChI=1S/C21H31N3O4S/c1-21(2,3)28-20(26)24-12-8-11-16(24)14-22-19(29)23-17(18(25)27-4)13-15-9-6-5-7-10-15/h5-7,9-10,16-17H,8,11-14H2,1-4H3,(H2,22,23,29)/t16-,17-/m0/s1. The topological polar surface area (TPSA) is 79.9 Å². The van der Waals surface area contributed by atoms with E-state index < -0.39 is 11.6 Å². The molecule has 0 bridgehead atoms. The Balaban J connectivity index is 1.89. The number of likely N-dealkylation sites (tertiary alicyclic amines) is 1. The lowest BCUT2D eigenvalue weighted by Gasteiger charge is -2.29. The van der Waals surface area contributed by atoms with E-state index in [1.807, 2.05) is 51.1 Å². The monoisotopic (exact) mass is 421 g/mol. The highest BCUT2D eigenvalue weighted by Gasteiger charge is 2.32. The van der Waals surface area contributed by atoms with Crippen molar-refractivity contribution in [3.63, 3.8) is 0 Å². The van der Waals surface area contributed by atoms with Gasteiger partial charge in [0.1, 0.15) is 11.6 Å². The zero-order chi connectivity index (χ0) is 21.4. The van der Waals surface area contributed by atoms with E-state index in [1.165, 1.54) is 7.11 Å². The lowest BCUT2D eigenvalue weighted by molar-refractivity contribution is -0.142. The van der Waals surface area contributed by atoms with E-state index in [4.69, 9.17) is 21.7 Å². The van der Waals surface area contributed by atoms with E-state index in [-0.39, 0.29) is 18.1 Å². The third kappa shape index (κ3) is 7.53. The largest absolute Gasteiger partial charge is 0.467 e. The molecule has 1 amide bonds. The van der Waals surface area contributed by atoms with E-state index in [0.717, 1.165) is 18.4 Å². The highest BCUT2D eigenvalue weighted by Crippen LogP contribution is 2.20. The van der Waals surface area contributed by atoms with Crippen LogP contribution in [0.5, 0.6) is 0 Å². The zero-order valence-corrected chi connectivity index (χ0v) is 18.4. The van der Waals surface area contributed by atoms with Crippen molar-refractivity contribution in [1.29, 1.82) is 0 Å². The van der Waals surface area contributed by atoms with Crippen LogP contribution < -0.4 is 10.6 Å². The fourth-order valence-corrected chi connectivity index (χ4v) is 3.44. The maximum absolute atomic E-state index is 12.4. The molecule has 7 nitrogen and oxygen atoms in total. The van der Waals surface area contributed by atoms with Crippen LogP contribution in [0.25, 0.3) is 0 Å². The number of ether oxygens (including phenoxy) is 2. The summed E-state index contributed by atoms with van der Waals surface area (Å²) in [6.07, 6.45) is 1.95. The number of nitrogens with one attached hydrogen (secondary N) is 2. The van der Waals surface area contributed by atoms with E-state index in [0.29, 0.717) is 24.6 Å². The molecule has 8 heteroatoms. The van der Waals surface area contributed by atoms with Crippen molar-refractivity contribution in [1.82, 2.24) is 15.5 Å². The molecule has 0 saturated carbocycles. The van der Waals surface area contributed by atoms with Crippen molar-refractivity contribution in [2.45, 2.75) is 57.7 Å². The Hall–Kier alpha value is -2.35. The Bertz CT molecular complexity index is 706. The predicted octanol–water partition coefficient (Wildman–Crippen LogP) is 2.63. The molecule has 1 aliphatic heterocycles. The van der Waals surface area contributed by atoms with Crippen molar-refractivity contribution in [2.24, 2.45) is 0 Å². The van der Waals surface area contributed by atoms with E-state index >= 15 is 0 Å². The van der Waals surface area contributed by atoms with Gasteiger partial charge in [0.15, 0.2) is 5.11 Å². The quantitative estimate of drug-likeness (QED) is 0.540. The van der Waals surface area contributed by atoms with Gasteiger partial charge >= 0.3 is 12.1 Å². The summed E-state index contributed by atoms with van der Waals surface area (Å²) < 4.78 is 10.4. The summed E-state index contributed by atoms with van der Waals surface area (Å²) in [5, 5.41) is 6.52. The second-order valence-corrected chi connectivity index (χ2v) is 8.50. The maximum Gasteiger partial charge on any atom is 0.410 e. The van der Waals surface area contributed by atoms with Crippen molar-refractivity contribution in [3.8, 4) is 0 Å². The maximum atomic E-state index is 12.4. The summed E-state index contributed by atoms with van der Waals surface area (Å²) >= 11 is 5.38. The van der Waals surface area contributed by atoms with E-state index in [9.17, 15) is 9.59 Å². The van der Waals surface area contributed by atoms with Gasteiger partial charge in [-0.1, -0.05) is 30.3 Å². The van der Waals surface area contributed by atoms with Gasteiger partial charge in [0.05, 0.1) is 13.2 Å². The number of amides is 1. The number of hydrogen-bond donors (Lipinski definition) is 2. The third-order valence-electron chi connectivity index (χ3n) is 4.58. The van der Waals surface area contributed by atoms with Crippen LogP contribution in [-0.4, -0.2) is 60.0 Å². The lowest BCUT2D eigenvalue weighted by atomic mass is 10.1. The SMILES string of the molecule is COC(=O)[C@H](Cc1ccccc1)NC(=S)NC[C@@H]1CCCN1C(=O)OC(C)(C)C. The number of methoxy groups -OCH3 is 1. The van der Waals surface area contributed by atoms with Gasteiger partial charge in [-0.05, 0) is 51.4 Å². The number of thiocarbonyl (C=S) groups is 1. The summed E-state index contributed by atoms with van der Waals surface area (Å²) in [6.45, 7) is 6.72. The van der Waals surface area contributed by atoms with Gasteiger partial charge < -0.3 is 25.0 Å². The molecule has 0 spiro atoms. The Morgan fingerprint density at radius 1 is 1.28 bits per heavy atom. The van der Waals surface area contributed by atoms with Gasteiger partial charge in [0.25, 0.3) is 0 Å². The second-order valence-electron chi connectivity index (χ2n) is 8.09. The van der Waals surface area contributed by atoms with Gasteiger partial charge in [-0.2, -0.15) is 0 Å². The van der Waals surface area contributed by atoms with Gasteiger partial charge in [0, 0.05) is 19.5 Å². The number of carbonyl (C=O) groups is 2. The summed E-state index contributed by atoms with van der Waals surface area (Å²) in [5.41, 5.74) is 0.477. The summed E-state index contributed by atoms with van der Waals surface area (Å²) in [5.74, 6) is -0.380. The minimum atomic E-state index is -0.590. The zero-order valence-electron chi connectivity index (χ0n) is 17.6. The lowest BCUT2D eigenvalue weighted by Crippen LogP contribution is -2.51. The molecule has 2 rings (SSSR count). The first-order valence-corrected chi connectivity index (χ1v) is 10.3. The Kier molecular flexibility index (Phi) is 8.25. The Morgan fingerprint density at radius 2 is 1.97 bits per heavy atom. The Labute approximate surface area is 178 Å². The third-order valence-corrected chi connectivity index (χ3v) is 4.84. The molecule has 1 aromatic rings. The average molecular weight is 422 g/mol. The average Bonchev–Trinajstić information content (AvgIpc) is 3.13. The first-order chi connectivity index (χ1) is 13.7. The molecular formula is C21H31N3O4S. The molecule has 160 valence electrons. The number of nitrogens with zero attached hydrogens (tertiary/aromatic N) is 1. The van der Waals surface area contributed by atoms with Gasteiger partial charge in [-0.15, -0.1) is 0 Å². The van der Waals surface area contributed by atoms with Crippen LogP contribution in [0, 0.1) is 0 Å². The van der Waals surface area contributed by atoms with E-state index in [1.54, 1.807) is 4.90 Å². The van der Waals surface area contributed by atoms with Crippen LogP contribution in [0.4, 0.5) is 4.79 Å². The molecule has 1 aromatic carbocycles. The van der Waals surface area contributed by atoms with Crippen LogP contribution in [0.3, 0.4) is 0 Å². The van der Waals surface area contributed by atoms with Crippen molar-refractivity contribution >= 4 is 29.4 Å². The summed E-state index contributed by atoms with van der Waals surface area (Å²) in [7, 11) is 1.36. The minimum absolute atomic E-state index is 0.00435. The molecule has 2 atom stereocenters. The van der Waals surface area contributed by atoms with Crippen molar-refractivity contribution < 1.29 is 19.1 Å². The molecule has 0 unspecified atom stereocenters. The molecule has 29 heavy (non-hydrogen) atoms. The first-order valence-electron chi connectivity index (χ1n) is 9.85. The van der Waals surface area contributed by atoms with Crippen LogP contribution >= 0.6 is 12.2 Å². The number of hydrogen-bond acceptors (Lipinski definition) is 5. The first kappa shape index (κ1) is 22.9. The molecule has 1 heterocycles. The van der Waals surface area contributed by atoms with Gasteiger partial charge in [-0.3, -0.25) is 0 Å². The van der Waals surface area contributed by atoms with Crippen LogP contribution in [0.1, 0.15) is 39.2 Å². The predicted molar refractivity (Wildman–Crippen MR) is 116 cm³/mol. The van der Waals surface area contributed by atoms with Crippen LogP contribution in [0.2, 0.25) is 0 Å². The highest BCUT2D eigenvalue weighted by molar-refractivity contribution is 7.80. The number of carbonyl (C=O) groups excluding carboxylic acids is 2. The number of esters is 1. The smallest absolute Gasteiger partial charge is 0.410 e. The Morgan fingerprint density at radius 3 is 2.59 bits per heavy atom. The minimum Gasteiger partial charge on any atom is -0.467 e. The fourth-order valence-electron chi connectivity index (χ4n) is 3.21. The second kappa shape index (κ2) is 10.4. The van der Waals surface area contributed by atoms with Crippen molar-refractivity contribution in [2.75, 3.05) is 20.2 Å². The normalized spacial score (nSPS) is 17.4. The summed E-state index contributed by atoms with van der Waals surface area (Å²) in [4.78, 5) is 26.3. The molecular weight excluding hydrogens is 390 g/mol. The molecule has 1 aliphatic rings. The van der Waals surface area contributed by atoms with Crippen LogP contribution in [-0.2, 0) is 20.7 Å². The van der Waals surface area contributed by atoms with E-state index in [2.05, 4.69) is 10.6 Å².